The molecular weight excluding hydrogens is 216 g/mol. The molecule has 0 saturated heterocycles. The van der Waals surface area contributed by atoms with Gasteiger partial charge in [0.1, 0.15) is 0 Å². The molecule has 2 heteroatoms. The highest BCUT2D eigenvalue weighted by atomic mass is 32.1. The molecule has 0 rings (SSSR count). The van der Waals surface area contributed by atoms with Gasteiger partial charge in [-0.15, -0.1) is 12.6 Å². The first-order valence-corrected chi connectivity index (χ1v) is 6.15. The zero-order valence-corrected chi connectivity index (χ0v) is 12.2. The molecule has 0 bridgehead atoms. The Morgan fingerprint density at radius 2 is 1.62 bits per heavy atom. The average molecular weight is 240 g/mol. The molecule has 16 heavy (non-hydrogen) atoms. The van der Waals surface area contributed by atoms with Gasteiger partial charge in [-0.3, -0.25) is 4.79 Å². The van der Waals surface area contributed by atoms with Gasteiger partial charge in [-0.1, -0.05) is 45.9 Å². The van der Waals surface area contributed by atoms with E-state index < -0.39 is 0 Å². The van der Waals surface area contributed by atoms with Gasteiger partial charge in [0.05, 0.1) is 0 Å². The minimum atomic E-state index is -0.386. The summed E-state index contributed by atoms with van der Waals surface area (Å²) in [6, 6.07) is 0. The normalized spacial score (nSPS) is 14.6. The Balaban J connectivity index is 5.01. The molecule has 92 valence electrons. The second-order valence-corrected chi connectivity index (χ2v) is 5.90. The fourth-order valence-electron chi connectivity index (χ4n) is 2.17. The van der Waals surface area contributed by atoms with Crippen molar-refractivity contribution in [1.82, 2.24) is 0 Å². The van der Waals surface area contributed by atoms with E-state index in [2.05, 4.69) is 38.6 Å². The molecule has 0 amide bonds. The third-order valence-electron chi connectivity index (χ3n) is 2.90. The number of allylic oxidation sites excluding steroid dienone is 4. The minimum absolute atomic E-state index is 0.0108. The van der Waals surface area contributed by atoms with Crippen molar-refractivity contribution in [2.24, 2.45) is 10.8 Å². The molecular formula is C14H24OS. The van der Waals surface area contributed by atoms with E-state index in [1.54, 1.807) is 0 Å². The maximum absolute atomic E-state index is 11.4. The number of rotatable bonds is 5. The molecule has 0 aliphatic carbocycles. The van der Waals surface area contributed by atoms with E-state index in [4.69, 9.17) is 0 Å². The van der Waals surface area contributed by atoms with E-state index >= 15 is 0 Å². The van der Waals surface area contributed by atoms with Crippen molar-refractivity contribution in [3.63, 3.8) is 0 Å². The summed E-state index contributed by atoms with van der Waals surface area (Å²) in [6.45, 7) is 12.3. The predicted molar refractivity (Wildman–Crippen MR) is 74.7 cm³/mol. The van der Waals surface area contributed by atoms with Crippen LogP contribution in [0.25, 0.3) is 0 Å². The Labute approximate surface area is 105 Å². The van der Waals surface area contributed by atoms with Crippen LogP contribution in [-0.2, 0) is 4.79 Å². The molecule has 0 heterocycles. The van der Waals surface area contributed by atoms with Gasteiger partial charge in [-0.25, -0.2) is 0 Å². The second kappa shape index (κ2) is 5.72. The van der Waals surface area contributed by atoms with Crippen molar-refractivity contribution in [2.75, 3.05) is 0 Å². The smallest absolute Gasteiger partial charge is 0.191 e. The van der Waals surface area contributed by atoms with Crippen molar-refractivity contribution >= 4 is 17.7 Å². The molecule has 1 nitrogen and oxygen atoms in total. The maximum atomic E-state index is 11.4. The van der Waals surface area contributed by atoms with Gasteiger partial charge in [0.25, 0.3) is 0 Å². The third-order valence-corrected chi connectivity index (χ3v) is 3.51. The average Bonchev–Trinajstić information content (AvgIpc) is 2.11. The van der Waals surface area contributed by atoms with Gasteiger partial charge in [-0.05, 0) is 31.3 Å². The number of carbonyl (C=O) groups is 1. The first-order chi connectivity index (χ1) is 7.17. The summed E-state index contributed by atoms with van der Waals surface area (Å²) in [4.78, 5) is 11.4. The predicted octanol–water partition coefficient (Wildman–Crippen LogP) is 4.41. The minimum Gasteiger partial charge on any atom is -0.287 e. The molecule has 0 unspecified atom stereocenters. The van der Waals surface area contributed by atoms with Crippen molar-refractivity contribution in [2.45, 2.75) is 48.0 Å². The van der Waals surface area contributed by atoms with Crippen LogP contribution in [0.4, 0.5) is 0 Å². The fourth-order valence-corrected chi connectivity index (χ4v) is 2.25. The molecule has 0 N–H and O–H groups in total. The first kappa shape index (κ1) is 15.5. The number of hydrogen-bond acceptors (Lipinski definition) is 1. The van der Waals surface area contributed by atoms with Crippen LogP contribution in [0.2, 0.25) is 0 Å². The van der Waals surface area contributed by atoms with E-state index in [9.17, 15) is 4.79 Å². The molecule has 0 radical (unpaired) electrons. The van der Waals surface area contributed by atoms with E-state index in [1.807, 2.05) is 33.8 Å². The van der Waals surface area contributed by atoms with E-state index in [-0.39, 0.29) is 15.9 Å². The van der Waals surface area contributed by atoms with Crippen LogP contribution in [0.1, 0.15) is 48.0 Å². The highest BCUT2D eigenvalue weighted by molar-refractivity contribution is 7.96. The molecule has 0 aliphatic rings. The Morgan fingerprint density at radius 1 is 1.12 bits per heavy atom. The topological polar surface area (TPSA) is 17.1 Å². The Bertz CT molecular complexity index is 309. The molecule has 0 fully saturated rings. The SMILES string of the molecule is C/C=C\C(=C/C)C(C)(C)CC(C)(C)C(=O)S. The molecule has 0 aromatic rings. The lowest BCUT2D eigenvalue weighted by molar-refractivity contribution is -0.119. The molecule has 0 aromatic carbocycles. The van der Waals surface area contributed by atoms with Gasteiger partial charge >= 0.3 is 0 Å². The second-order valence-electron chi connectivity index (χ2n) is 5.49. The number of thiol groups is 1. The highest BCUT2D eigenvalue weighted by Crippen LogP contribution is 2.40. The van der Waals surface area contributed by atoms with Crippen molar-refractivity contribution in [1.29, 1.82) is 0 Å². The highest BCUT2D eigenvalue weighted by Gasteiger charge is 2.34. The fraction of sp³-hybridized carbons (Fsp3) is 0.643. The number of carbonyl (C=O) groups excluding carboxylic acids is 1. The maximum Gasteiger partial charge on any atom is 0.191 e. The standard InChI is InChI=1S/C14H24OS/c1-7-9-11(8-2)13(3,4)10-14(5,6)12(15)16/h7-9H,10H2,1-6H3,(H,15,16)/b9-7-,11-8+. The monoisotopic (exact) mass is 240 g/mol. The lowest BCUT2D eigenvalue weighted by Crippen LogP contribution is -2.28. The van der Waals surface area contributed by atoms with Gasteiger partial charge in [0, 0.05) is 5.41 Å². The van der Waals surface area contributed by atoms with Crippen LogP contribution in [0, 0.1) is 10.8 Å². The summed E-state index contributed by atoms with van der Waals surface area (Å²) in [6.07, 6.45) is 7.05. The van der Waals surface area contributed by atoms with Crippen LogP contribution in [0.15, 0.2) is 23.8 Å². The van der Waals surface area contributed by atoms with Gasteiger partial charge in [0.15, 0.2) is 5.12 Å². The molecule has 0 spiro atoms. The summed E-state index contributed by atoms with van der Waals surface area (Å²) >= 11 is 3.96. The summed E-state index contributed by atoms with van der Waals surface area (Å²) in [5.41, 5.74) is 0.865. The summed E-state index contributed by atoms with van der Waals surface area (Å²) in [7, 11) is 0. The van der Waals surface area contributed by atoms with Crippen molar-refractivity contribution in [3.05, 3.63) is 23.8 Å². The third kappa shape index (κ3) is 4.17. The summed E-state index contributed by atoms with van der Waals surface area (Å²) < 4.78 is 0. The zero-order valence-electron chi connectivity index (χ0n) is 11.3. The Morgan fingerprint density at radius 3 is 1.94 bits per heavy atom. The van der Waals surface area contributed by atoms with Crippen LogP contribution < -0.4 is 0 Å². The molecule has 0 aliphatic heterocycles. The molecule has 0 aromatic heterocycles. The quantitative estimate of drug-likeness (QED) is 0.556. The van der Waals surface area contributed by atoms with Crippen LogP contribution in [0.5, 0.6) is 0 Å². The largest absolute Gasteiger partial charge is 0.287 e. The van der Waals surface area contributed by atoms with Crippen LogP contribution >= 0.6 is 12.6 Å². The van der Waals surface area contributed by atoms with Crippen molar-refractivity contribution in [3.8, 4) is 0 Å². The summed E-state index contributed by atoms with van der Waals surface area (Å²) in [5, 5.41) is -0.0449. The lowest BCUT2D eigenvalue weighted by atomic mass is 9.71. The first-order valence-electron chi connectivity index (χ1n) is 5.70. The van der Waals surface area contributed by atoms with E-state index in [0.29, 0.717) is 0 Å². The van der Waals surface area contributed by atoms with Gasteiger partial charge in [-0.2, -0.15) is 0 Å². The van der Waals surface area contributed by atoms with Crippen molar-refractivity contribution < 1.29 is 4.79 Å². The van der Waals surface area contributed by atoms with Crippen LogP contribution in [-0.4, -0.2) is 5.12 Å². The van der Waals surface area contributed by atoms with E-state index in [0.717, 1.165) is 6.42 Å². The van der Waals surface area contributed by atoms with Gasteiger partial charge < -0.3 is 0 Å². The van der Waals surface area contributed by atoms with Gasteiger partial charge in [0.2, 0.25) is 0 Å². The zero-order chi connectivity index (χ0) is 13.0. The van der Waals surface area contributed by atoms with E-state index in [1.165, 1.54) is 5.57 Å². The Hall–Kier alpha value is -0.500. The Kier molecular flexibility index (Phi) is 5.54. The lowest BCUT2D eigenvalue weighted by Gasteiger charge is -2.34. The summed E-state index contributed by atoms with van der Waals surface area (Å²) in [5.74, 6) is 0. The number of hydrogen-bond donors (Lipinski definition) is 1. The molecule has 0 saturated carbocycles. The van der Waals surface area contributed by atoms with Crippen LogP contribution in [0.3, 0.4) is 0 Å². The molecule has 0 atom stereocenters.